The highest BCUT2D eigenvalue weighted by Gasteiger charge is 2.30. The van der Waals surface area contributed by atoms with E-state index >= 15 is 0 Å². The molecule has 0 unspecified atom stereocenters. The van der Waals surface area contributed by atoms with E-state index in [1.54, 1.807) is 17.1 Å². The van der Waals surface area contributed by atoms with Crippen molar-refractivity contribution in [1.29, 1.82) is 0 Å². The van der Waals surface area contributed by atoms with Gasteiger partial charge in [0.2, 0.25) is 0 Å². The van der Waals surface area contributed by atoms with Gasteiger partial charge in [-0.1, -0.05) is 31.5 Å². The second-order valence-corrected chi connectivity index (χ2v) is 7.16. The molecule has 0 atom stereocenters. The van der Waals surface area contributed by atoms with Gasteiger partial charge in [-0.25, -0.2) is 13.8 Å². The number of nitrogens with zero attached hydrogens (tertiary/aromatic N) is 3. The van der Waals surface area contributed by atoms with Crippen LogP contribution in [-0.4, -0.2) is 35.1 Å². The molecule has 1 amide bonds. The molecule has 4 nitrogen and oxygen atoms in total. The summed E-state index contributed by atoms with van der Waals surface area (Å²) in [6.45, 7) is 7.26. The third kappa shape index (κ3) is 4.02. The first kappa shape index (κ1) is 20.3. The van der Waals surface area contributed by atoms with Crippen molar-refractivity contribution in [2.24, 2.45) is 5.10 Å². The molecule has 0 radical (unpaired) electrons. The van der Waals surface area contributed by atoms with E-state index < -0.39 is 11.6 Å². The lowest BCUT2D eigenvalue weighted by Crippen LogP contribution is -2.43. The number of carbonyl (C=O) groups excluding carboxylic acids is 1. The van der Waals surface area contributed by atoms with E-state index in [4.69, 9.17) is 11.6 Å². The van der Waals surface area contributed by atoms with Crippen LogP contribution in [0, 0.1) is 11.6 Å². The quantitative estimate of drug-likeness (QED) is 0.486. The van der Waals surface area contributed by atoms with E-state index in [0.29, 0.717) is 30.8 Å². The summed E-state index contributed by atoms with van der Waals surface area (Å²) in [5, 5.41) is 5.35. The Balaban J connectivity index is 2.22. The Labute approximate surface area is 168 Å². The second kappa shape index (κ2) is 8.69. The van der Waals surface area contributed by atoms with E-state index in [1.165, 1.54) is 11.2 Å². The first-order valence-electron chi connectivity index (χ1n) is 9.31. The van der Waals surface area contributed by atoms with Gasteiger partial charge in [-0.05, 0) is 43.5 Å². The molecule has 7 heteroatoms. The zero-order valence-electron chi connectivity index (χ0n) is 15.7. The topological polar surface area (TPSA) is 35.9 Å². The average molecular weight is 406 g/mol. The lowest BCUT2D eigenvalue weighted by atomic mass is 9.97. The van der Waals surface area contributed by atoms with Crippen LogP contribution in [0.25, 0.3) is 5.70 Å². The van der Waals surface area contributed by atoms with E-state index in [0.717, 1.165) is 31.4 Å². The molecule has 2 aliphatic rings. The van der Waals surface area contributed by atoms with Crippen molar-refractivity contribution in [3.8, 4) is 0 Å². The number of allylic oxidation sites excluding steroid dienone is 2. The maximum absolute atomic E-state index is 14.9. The Morgan fingerprint density at radius 1 is 1.29 bits per heavy atom. The normalized spacial score (nSPS) is 16.9. The number of unbranched alkanes of at least 4 members (excludes halogenated alkanes) is 1. The molecule has 0 aromatic heterocycles. The smallest absolute Gasteiger partial charge is 0.251 e. The Morgan fingerprint density at radius 2 is 2.04 bits per heavy atom. The number of carbonyl (C=O) groups is 1. The predicted octanol–water partition coefficient (Wildman–Crippen LogP) is 5.12. The highest BCUT2D eigenvalue weighted by molar-refractivity contribution is 6.30. The van der Waals surface area contributed by atoms with Gasteiger partial charge in [0.05, 0.1) is 16.4 Å². The summed E-state index contributed by atoms with van der Waals surface area (Å²) in [6, 6.07) is 1.94. The van der Waals surface area contributed by atoms with Crippen molar-refractivity contribution >= 4 is 29.4 Å². The van der Waals surface area contributed by atoms with Gasteiger partial charge in [0, 0.05) is 30.4 Å². The lowest BCUT2D eigenvalue weighted by Gasteiger charge is -2.34. The van der Waals surface area contributed by atoms with Gasteiger partial charge in [0.25, 0.3) is 5.91 Å². The summed E-state index contributed by atoms with van der Waals surface area (Å²) in [5.74, 6) is -1.66. The standard InChI is InChI=1S/C21H22ClF2N3O/c1-3-4-8-15(21(28)26-10-6-11-26)20(27-14(2)7-5-9-25-27)16-12-19(24)17(22)13-18(16)23/h5,7,9,12-13H,2-4,6,8,10-11H2,1H3/b20-15+. The molecule has 0 bridgehead atoms. The maximum atomic E-state index is 14.9. The number of hydrazone groups is 1. The average Bonchev–Trinajstić information content (AvgIpc) is 2.61. The van der Waals surface area contributed by atoms with E-state index in [1.807, 2.05) is 6.92 Å². The van der Waals surface area contributed by atoms with Crippen molar-refractivity contribution in [3.05, 3.63) is 64.4 Å². The number of halogens is 3. The molecule has 1 aromatic carbocycles. The molecule has 2 heterocycles. The summed E-state index contributed by atoms with van der Waals surface area (Å²) >= 11 is 5.73. The van der Waals surface area contributed by atoms with Crippen LogP contribution in [0.3, 0.4) is 0 Å². The van der Waals surface area contributed by atoms with Crippen molar-refractivity contribution in [1.82, 2.24) is 9.91 Å². The summed E-state index contributed by atoms with van der Waals surface area (Å²) in [7, 11) is 0. The van der Waals surface area contributed by atoms with E-state index in [-0.39, 0.29) is 22.2 Å². The number of benzene rings is 1. The van der Waals surface area contributed by atoms with Crippen LogP contribution in [0.2, 0.25) is 5.02 Å². The van der Waals surface area contributed by atoms with Gasteiger partial charge in [0.1, 0.15) is 11.6 Å². The van der Waals surface area contributed by atoms with Crippen LogP contribution in [0.4, 0.5) is 8.78 Å². The highest BCUT2D eigenvalue weighted by Crippen LogP contribution is 2.35. The van der Waals surface area contributed by atoms with Gasteiger partial charge in [0.15, 0.2) is 0 Å². The van der Waals surface area contributed by atoms with Gasteiger partial charge in [-0.3, -0.25) is 4.79 Å². The van der Waals surface area contributed by atoms with E-state index in [2.05, 4.69) is 11.7 Å². The van der Waals surface area contributed by atoms with Gasteiger partial charge in [-0.15, -0.1) is 0 Å². The fourth-order valence-electron chi connectivity index (χ4n) is 3.10. The Hall–Kier alpha value is -2.47. The van der Waals surface area contributed by atoms with E-state index in [9.17, 15) is 13.6 Å². The summed E-state index contributed by atoms with van der Waals surface area (Å²) < 4.78 is 29.1. The minimum Gasteiger partial charge on any atom is -0.339 e. The number of hydrogen-bond donors (Lipinski definition) is 0. The van der Waals surface area contributed by atoms with Crippen molar-refractivity contribution in [2.45, 2.75) is 32.6 Å². The largest absolute Gasteiger partial charge is 0.339 e. The molecular formula is C21H22ClF2N3O. The summed E-state index contributed by atoms with van der Waals surface area (Å²) in [6.07, 6.45) is 7.85. The predicted molar refractivity (Wildman–Crippen MR) is 108 cm³/mol. The van der Waals surface area contributed by atoms with Crippen molar-refractivity contribution in [2.75, 3.05) is 13.1 Å². The van der Waals surface area contributed by atoms with Gasteiger partial charge >= 0.3 is 0 Å². The molecule has 0 spiro atoms. The minimum atomic E-state index is -0.760. The molecule has 2 aliphatic heterocycles. The molecule has 1 fully saturated rings. The third-order valence-electron chi connectivity index (χ3n) is 4.77. The first-order valence-corrected chi connectivity index (χ1v) is 9.68. The molecule has 1 aromatic rings. The molecule has 0 N–H and O–H groups in total. The van der Waals surface area contributed by atoms with Crippen LogP contribution in [0.1, 0.15) is 38.2 Å². The molecular weight excluding hydrogens is 384 g/mol. The first-order chi connectivity index (χ1) is 13.4. The van der Waals surface area contributed by atoms with Crippen molar-refractivity contribution in [3.63, 3.8) is 0 Å². The van der Waals surface area contributed by atoms with Gasteiger partial charge < -0.3 is 4.90 Å². The fourth-order valence-corrected chi connectivity index (χ4v) is 3.25. The third-order valence-corrected chi connectivity index (χ3v) is 5.06. The zero-order chi connectivity index (χ0) is 20.3. The van der Waals surface area contributed by atoms with Crippen LogP contribution in [0.5, 0.6) is 0 Å². The summed E-state index contributed by atoms with van der Waals surface area (Å²) in [4.78, 5) is 14.9. The number of hydrogen-bond acceptors (Lipinski definition) is 3. The van der Waals surface area contributed by atoms with Gasteiger partial charge in [-0.2, -0.15) is 5.10 Å². The molecule has 3 rings (SSSR count). The number of amides is 1. The monoisotopic (exact) mass is 405 g/mol. The molecule has 0 saturated carbocycles. The Kier molecular flexibility index (Phi) is 6.29. The zero-order valence-corrected chi connectivity index (χ0v) is 16.5. The molecule has 0 aliphatic carbocycles. The summed E-state index contributed by atoms with van der Waals surface area (Å²) in [5.41, 5.74) is 1.01. The molecule has 28 heavy (non-hydrogen) atoms. The number of likely N-dealkylation sites (tertiary alicyclic amines) is 1. The molecule has 148 valence electrons. The van der Waals surface area contributed by atoms with Crippen molar-refractivity contribution < 1.29 is 13.6 Å². The Bertz CT molecular complexity index is 888. The SMILES string of the molecule is C=C1C=CC=NN1/C(=C(\CCCC)C(=O)N1CCC1)c1cc(F)c(Cl)cc1F. The van der Waals surface area contributed by atoms with Crippen LogP contribution in [0.15, 0.2) is 47.2 Å². The van der Waals surface area contributed by atoms with Crippen LogP contribution >= 0.6 is 11.6 Å². The lowest BCUT2D eigenvalue weighted by molar-refractivity contribution is -0.130. The maximum Gasteiger partial charge on any atom is 0.251 e. The van der Waals surface area contributed by atoms with Crippen LogP contribution < -0.4 is 0 Å². The second-order valence-electron chi connectivity index (χ2n) is 6.75. The fraction of sp³-hybridized carbons (Fsp3) is 0.333. The highest BCUT2D eigenvalue weighted by atomic mass is 35.5. The Morgan fingerprint density at radius 3 is 2.64 bits per heavy atom. The number of rotatable bonds is 6. The molecule has 1 saturated heterocycles. The minimum absolute atomic E-state index is 0.0597. The van der Waals surface area contributed by atoms with Crippen LogP contribution in [-0.2, 0) is 4.79 Å².